The van der Waals surface area contributed by atoms with Crippen LogP contribution in [0.2, 0.25) is 0 Å². The molecule has 18 heavy (non-hydrogen) atoms. The molecule has 0 bridgehead atoms. The molecular weight excluding hydrogens is 228 g/mol. The highest BCUT2D eigenvalue weighted by Gasteiger charge is 2.32. The maximum Gasteiger partial charge on any atom is 0.236 e. The van der Waals surface area contributed by atoms with Crippen LogP contribution in [0, 0.1) is 5.41 Å². The van der Waals surface area contributed by atoms with Crippen molar-refractivity contribution in [2.45, 2.75) is 45.6 Å². The van der Waals surface area contributed by atoms with E-state index in [-0.39, 0.29) is 5.91 Å². The van der Waals surface area contributed by atoms with Gasteiger partial charge < -0.3 is 15.0 Å². The van der Waals surface area contributed by atoms with Gasteiger partial charge in [-0.2, -0.15) is 0 Å². The molecule has 104 valence electrons. The maximum atomic E-state index is 12.1. The van der Waals surface area contributed by atoms with E-state index in [1.165, 1.54) is 25.7 Å². The Morgan fingerprint density at radius 1 is 1.33 bits per heavy atom. The molecule has 0 aromatic heterocycles. The Morgan fingerprint density at radius 2 is 2.06 bits per heavy atom. The third-order valence-electron chi connectivity index (χ3n) is 4.37. The van der Waals surface area contributed by atoms with Crippen molar-refractivity contribution in [1.29, 1.82) is 0 Å². The van der Waals surface area contributed by atoms with E-state index in [1.54, 1.807) is 0 Å². The molecule has 1 amide bonds. The molecule has 0 spiro atoms. The molecule has 1 heterocycles. The van der Waals surface area contributed by atoms with Crippen LogP contribution in [-0.2, 0) is 9.53 Å². The normalized spacial score (nSPS) is 28.1. The molecule has 2 rings (SSSR count). The summed E-state index contributed by atoms with van der Waals surface area (Å²) < 4.78 is 5.26. The minimum absolute atomic E-state index is 0.222. The van der Waals surface area contributed by atoms with Crippen LogP contribution >= 0.6 is 0 Å². The Labute approximate surface area is 110 Å². The fourth-order valence-corrected chi connectivity index (χ4v) is 3.01. The number of hydrogen-bond acceptors (Lipinski definition) is 3. The van der Waals surface area contributed by atoms with E-state index < -0.39 is 0 Å². The molecule has 4 nitrogen and oxygen atoms in total. The van der Waals surface area contributed by atoms with Crippen molar-refractivity contribution in [3.63, 3.8) is 0 Å². The van der Waals surface area contributed by atoms with E-state index in [0.717, 1.165) is 13.1 Å². The molecule has 0 aromatic rings. The van der Waals surface area contributed by atoms with Crippen molar-refractivity contribution in [1.82, 2.24) is 10.2 Å². The number of ether oxygens (including phenoxy) is 1. The summed E-state index contributed by atoms with van der Waals surface area (Å²) in [6.45, 7) is 7.95. The SMILES string of the molecule is CC1(C)CCCCC1NCC(=O)N1CCOCC1. The Bertz CT molecular complexity index is 286. The summed E-state index contributed by atoms with van der Waals surface area (Å²) in [7, 11) is 0. The Hall–Kier alpha value is -0.610. The van der Waals surface area contributed by atoms with Gasteiger partial charge in [0.05, 0.1) is 19.8 Å². The summed E-state index contributed by atoms with van der Waals surface area (Å²) in [5.41, 5.74) is 0.323. The van der Waals surface area contributed by atoms with E-state index in [9.17, 15) is 4.79 Å². The van der Waals surface area contributed by atoms with Crippen LogP contribution in [0.3, 0.4) is 0 Å². The largest absolute Gasteiger partial charge is 0.378 e. The molecule has 0 aromatic carbocycles. The van der Waals surface area contributed by atoms with Gasteiger partial charge in [0.2, 0.25) is 5.91 Å². The van der Waals surface area contributed by atoms with Crippen LogP contribution in [-0.4, -0.2) is 49.7 Å². The van der Waals surface area contributed by atoms with Crippen LogP contribution in [0.25, 0.3) is 0 Å². The standard InChI is InChI=1S/C14H26N2O2/c1-14(2)6-4-3-5-12(14)15-11-13(17)16-7-9-18-10-8-16/h12,15H,3-11H2,1-2H3. The number of hydrogen-bond donors (Lipinski definition) is 1. The van der Waals surface area contributed by atoms with Gasteiger partial charge in [0.25, 0.3) is 0 Å². The molecule has 4 heteroatoms. The molecule has 2 aliphatic rings. The summed E-state index contributed by atoms with van der Waals surface area (Å²) in [6, 6.07) is 0.483. The maximum absolute atomic E-state index is 12.1. The van der Waals surface area contributed by atoms with Gasteiger partial charge in [0.1, 0.15) is 0 Å². The Kier molecular flexibility index (Phi) is 4.62. The number of carbonyl (C=O) groups is 1. The molecule has 1 N–H and O–H groups in total. The smallest absolute Gasteiger partial charge is 0.236 e. The molecule has 1 aliphatic carbocycles. The molecule has 1 atom stereocenters. The molecule has 0 radical (unpaired) electrons. The number of nitrogens with one attached hydrogen (secondary N) is 1. The molecular formula is C14H26N2O2. The van der Waals surface area contributed by atoms with Gasteiger partial charge in [-0.05, 0) is 18.3 Å². The minimum Gasteiger partial charge on any atom is -0.378 e. The van der Waals surface area contributed by atoms with Gasteiger partial charge in [0.15, 0.2) is 0 Å². The second-order valence-electron chi connectivity index (χ2n) is 6.16. The summed E-state index contributed by atoms with van der Waals surface area (Å²) >= 11 is 0. The zero-order valence-corrected chi connectivity index (χ0v) is 11.7. The molecule has 2 fully saturated rings. The summed E-state index contributed by atoms with van der Waals surface area (Å²) in [5.74, 6) is 0.222. The molecule has 1 unspecified atom stereocenters. The summed E-state index contributed by atoms with van der Waals surface area (Å²) in [5, 5.41) is 3.48. The lowest BCUT2D eigenvalue weighted by Crippen LogP contribution is -2.50. The first-order valence-corrected chi connectivity index (χ1v) is 7.18. The average molecular weight is 254 g/mol. The zero-order valence-electron chi connectivity index (χ0n) is 11.7. The fourth-order valence-electron chi connectivity index (χ4n) is 3.01. The third kappa shape index (κ3) is 3.45. The minimum atomic E-state index is 0.222. The highest BCUT2D eigenvalue weighted by atomic mass is 16.5. The van der Waals surface area contributed by atoms with E-state index in [1.807, 2.05) is 4.90 Å². The third-order valence-corrected chi connectivity index (χ3v) is 4.37. The predicted octanol–water partition coefficient (Wildman–Crippen LogP) is 1.40. The Morgan fingerprint density at radius 3 is 2.72 bits per heavy atom. The quantitative estimate of drug-likeness (QED) is 0.828. The number of carbonyl (C=O) groups excluding carboxylic acids is 1. The second-order valence-corrected chi connectivity index (χ2v) is 6.16. The highest BCUT2D eigenvalue weighted by Crippen LogP contribution is 2.35. The van der Waals surface area contributed by atoms with Crippen molar-refractivity contribution in [2.24, 2.45) is 5.41 Å². The molecule has 1 saturated carbocycles. The zero-order chi connectivity index (χ0) is 13.0. The highest BCUT2D eigenvalue weighted by molar-refractivity contribution is 5.78. The number of rotatable bonds is 3. The lowest BCUT2D eigenvalue weighted by Gasteiger charge is -2.39. The van der Waals surface area contributed by atoms with Crippen molar-refractivity contribution >= 4 is 5.91 Å². The molecule has 1 saturated heterocycles. The van der Waals surface area contributed by atoms with Crippen LogP contribution in [0.4, 0.5) is 0 Å². The number of amides is 1. The van der Waals surface area contributed by atoms with Crippen molar-refractivity contribution in [2.75, 3.05) is 32.8 Å². The Balaban J connectivity index is 1.77. The summed E-state index contributed by atoms with van der Waals surface area (Å²) in [6.07, 6.45) is 5.06. The van der Waals surface area contributed by atoms with Crippen LogP contribution in [0.5, 0.6) is 0 Å². The number of nitrogens with zero attached hydrogens (tertiary/aromatic N) is 1. The van der Waals surface area contributed by atoms with E-state index in [2.05, 4.69) is 19.2 Å². The van der Waals surface area contributed by atoms with Gasteiger partial charge in [-0.1, -0.05) is 26.7 Å². The van der Waals surface area contributed by atoms with Gasteiger partial charge >= 0.3 is 0 Å². The number of morpholine rings is 1. The van der Waals surface area contributed by atoms with Gasteiger partial charge in [-0.3, -0.25) is 4.79 Å². The summed E-state index contributed by atoms with van der Waals surface area (Å²) in [4.78, 5) is 14.0. The van der Waals surface area contributed by atoms with Gasteiger partial charge in [-0.25, -0.2) is 0 Å². The second kappa shape index (κ2) is 6.02. The lowest BCUT2D eigenvalue weighted by molar-refractivity contribution is -0.134. The predicted molar refractivity (Wildman–Crippen MR) is 71.4 cm³/mol. The van der Waals surface area contributed by atoms with E-state index >= 15 is 0 Å². The first-order chi connectivity index (χ1) is 8.59. The fraction of sp³-hybridized carbons (Fsp3) is 0.929. The monoisotopic (exact) mass is 254 g/mol. The van der Waals surface area contributed by atoms with Crippen LogP contribution < -0.4 is 5.32 Å². The van der Waals surface area contributed by atoms with Crippen LogP contribution in [0.15, 0.2) is 0 Å². The van der Waals surface area contributed by atoms with Crippen molar-refractivity contribution in [3.8, 4) is 0 Å². The van der Waals surface area contributed by atoms with E-state index in [0.29, 0.717) is 31.2 Å². The lowest BCUT2D eigenvalue weighted by atomic mass is 9.73. The van der Waals surface area contributed by atoms with Crippen molar-refractivity contribution in [3.05, 3.63) is 0 Å². The average Bonchev–Trinajstić information content (AvgIpc) is 2.38. The van der Waals surface area contributed by atoms with E-state index in [4.69, 9.17) is 4.74 Å². The first kappa shape index (κ1) is 13.8. The van der Waals surface area contributed by atoms with Gasteiger partial charge in [-0.15, -0.1) is 0 Å². The molecule has 1 aliphatic heterocycles. The van der Waals surface area contributed by atoms with Crippen LogP contribution in [0.1, 0.15) is 39.5 Å². The van der Waals surface area contributed by atoms with Crippen molar-refractivity contribution < 1.29 is 9.53 Å². The van der Waals surface area contributed by atoms with Gasteiger partial charge in [0, 0.05) is 19.1 Å². The first-order valence-electron chi connectivity index (χ1n) is 7.18. The topological polar surface area (TPSA) is 41.6 Å².